The average Bonchev–Trinajstić information content (AvgIpc) is 3.46. The van der Waals surface area contributed by atoms with Crippen LogP contribution in [0.2, 0.25) is 0 Å². The average molecular weight is 466 g/mol. The molecule has 0 saturated heterocycles. The SMILES string of the molecule is CCn1c(SCC(=O)NCCc2ccc(OC)c(OC)c2)nnc1-c1c[nH]c2ccccc12. The first-order valence-electron chi connectivity index (χ1n) is 10.7. The van der Waals surface area contributed by atoms with Crippen molar-refractivity contribution < 1.29 is 14.3 Å². The third-order valence-corrected chi connectivity index (χ3v) is 6.35. The number of hydrogen-bond acceptors (Lipinski definition) is 6. The van der Waals surface area contributed by atoms with Crippen LogP contribution in [-0.2, 0) is 17.8 Å². The van der Waals surface area contributed by atoms with Gasteiger partial charge in [-0.25, -0.2) is 0 Å². The first-order valence-corrected chi connectivity index (χ1v) is 11.7. The Labute approximate surface area is 196 Å². The molecule has 33 heavy (non-hydrogen) atoms. The summed E-state index contributed by atoms with van der Waals surface area (Å²) < 4.78 is 12.6. The lowest BCUT2D eigenvalue weighted by atomic mass is 10.1. The van der Waals surface area contributed by atoms with Gasteiger partial charge in [-0.1, -0.05) is 36.0 Å². The molecule has 4 aromatic rings. The van der Waals surface area contributed by atoms with Gasteiger partial charge >= 0.3 is 0 Å². The second-order valence-corrected chi connectivity index (χ2v) is 8.32. The zero-order chi connectivity index (χ0) is 23.2. The molecule has 2 heterocycles. The van der Waals surface area contributed by atoms with Gasteiger partial charge in [-0.2, -0.15) is 0 Å². The fourth-order valence-corrected chi connectivity index (χ4v) is 4.53. The lowest BCUT2D eigenvalue weighted by Crippen LogP contribution is -2.27. The quantitative estimate of drug-likeness (QED) is 0.345. The molecule has 2 aromatic carbocycles. The van der Waals surface area contributed by atoms with Crippen LogP contribution < -0.4 is 14.8 Å². The van der Waals surface area contributed by atoms with Crippen LogP contribution in [0, 0.1) is 0 Å². The van der Waals surface area contributed by atoms with E-state index in [1.54, 1.807) is 14.2 Å². The van der Waals surface area contributed by atoms with Gasteiger partial charge in [-0.05, 0) is 37.1 Å². The van der Waals surface area contributed by atoms with Gasteiger partial charge in [0.25, 0.3) is 0 Å². The molecule has 0 radical (unpaired) electrons. The molecular formula is C24H27N5O3S. The highest BCUT2D eigenvalue weighted by molar-refractivity contribution is 7.99. The van der Waals surface area contributed by atoms with Crippen LogP contribution in [0.15, 0.2) is 53.8 Å². The number of aromatic amines is 1. The Kier molecular flexibility index (Phi) is 7.19. The van der Waals surface area contributed by atoms with Crippen LogP contribution in [0.1, 0.15) is 12.5 Å². The number of thioether (sulfide) groups is 1. The second kappa shape index (κ2) is 10.4. The minimum atomic E-state index is -0.0419. The van der Waals surface area contributed by atoms with E-state index in [1.807, 2.05) is 47.2 Å². The highest BCUT2D eigenvalue weighted by Gasteiger charge is 2.17. The zero-order valence-electron chi connectivity index (χ0n) is 18.9. The standard InChI is InChI=1S/C24H27N5O3S/c1-4-29-23(18-14-26-19-8-6-5-7-17(18)19)27-28-24(29)33-15-22(30)25-12-11-16-9-10-20(31-2)21(13-16)32-3/h5-10,13-14,26H,4,11-12,15H2,1-3H3,(H,25,30). The van der Waals surface area contributed by atoms with E-state index >= 15 is 0 Å². The molecule has 0 bridgehead atoms. The fraction of sp³-hybridized carbons (Fsp3) is 0.292. The molecule has 0 spiro atoms. The minimum Gasteiger partial charge on any atom is -0.493 e. The molecule has 8 nitrogen and oxygen atoms in total. The third-order valence-electron chi connectivity index (χ3n) is 5.38. The van der Waals surface area contributed by atoms with E-state index < -0.39 is 0 Å². The number of para-hydroxylation sites is 1. The monoisotopic (exact) mass is 465 g/mol. The predicted molar refractivity (Wildman–Crippen MR) is 130 cm³/mol. The van der Waals surface area contributed by atoms with Crippen molar-refractivity contribution in [3.8, 4) is 22.9 Å². The van der Waals surface area contributed by atoms with Gasteiger partial charge in [-0.15, -0.1) is 10.2 Å². The Hall–Kier alpha value is -3.46. The number of carbonyl (C=O) groups is 1. The molecule has 0 saturated carbocycles. The molecule has 0 aliphatic carbocycles. The van der Waals surface area contributed by atoms with Crippen LogP contribution in [0.25, 0.3) is 22.3 Å². The zero-order valence-corrected chi connectivity index (χ0v) is 19.7. The number of amides is 1. The van der Waals surface area contributed by atoms with Crippen molar-refractivity contribution in [2.45, 2.75) is 25.0 Å². The Morgan fingerprint density at radius 2 is 1.94 bits per heavy atom. The molecule has 0 aliphatic rings. The maximum atomic E-state index is 12.4. The number of carbonyl (C=O) groups excluding carboxylic acids is 1. The van der Waals surface area contributed by atoms with Gasteiger partial charge in [0.1, 0.15) is 0 Å². The molecule has 2 aromatic heterocycles. The normalized spacial score (nSPS) is 11.0. The van der Waals surface area contributed by atoms with Gasteiger partial charge in [0, 0.05) is 35.8 Å². The Morgan fingerprint density at radius 3 is 2.73 bits per heavy atom. The van der Waals surface area contributed by atoms with Crippen molar-refractivity contribution in [2.75, 3.05) is 26.5 Å². The molecule has 1 amide bonds. The predicted octanol–water partition coefficient (Wildman–Crippen LogP) is 3.91. The fourth-order valence-electron chi connectivity index (χ4n) is 3.70. The summed E-state index contributed by atoms with van der Waals surface area (Å²) in [5.74, 6) is 2.40. The highest BCUT2D eigenvalue weighted by Crippen LogP contribution is 2.30. The van der Waals surface area contributed by atoms with Gasteiger partial charge in [-0.3, -0.25) is 4.79 Å². The van der Waals surface area contributed by atoms with Crippen molar-refractivity contribution in [1.29, 1.82) is 0 Å². The topological polar surface area (TPSA) is 94.1 Å². The molecule has 172 valence electrons. The van der Waals surface area contributed by atoms with Gasteiger partial charge in [0.05, 0.1) is 20.0 Å². The number of rotatable bonds is 10. The number of fused-ring (bicyclic) bond motifs is 1. The number of nitrogens with zero attached hydrogens (tertiary/aromatic N) is 3. The summed E-state index contributed by atoms with van der Waals surface area (Å²) in [5.41, 5.74) is 3.13. The minimum absolute atomic E-state index is 0.0419. The number of hydrogen-bond donors (Lipinski definition) is 2. The third kappa shape index (κ3) is 4.98. The van der Waals surface area contributed by atoms with Crippen molar-refractivity contribution >= 4 is 28.6 Å². The van der Waals surface area contributed by atoms with Crippen LogP contribution in [-0.4, -0.2) is 52.2 Å². The van der Waals surface area contributed by atoms with E-state index in [-0.39, 0.29) is 11.7 Å². The van der Waals surface area contributed by atoms with E-state index in [2.05, 4.69) is 33.5 Å². The van der Waals surface area contributed by atoms with Gasteiger partial charge in [0.15, 0.2) is 22.5 Å². The number of benzene rings is 2. The van der Waals surface area contributed by atoms with Crippen molar-refractivity contribution in [3.05, 3.63) is 54.2 Å². The largest absolute Gasteiger partial charge is 0.493 e. The molecule has 0 aliphatic heterocycles. The summed E-state index contributed by atoms with van der Waals surface area (Å²) in [5, 5.41) is 13.5. The lowest BCUT2D eigenvalue weighted by Gasteiger charge is -2.10. The maximum absolute atomic E-state index is 12.4. The van der Waals surface area contributed by atoms with Crippen LogP contribution in [0.4, 0.5) is 0 Å². The van der Waals surface area contributed by atoms with Gasteiger partial charge in [0.2, 0.25) is 5.91 Å². The van der Waals surface area contributed by atoms with Gasteiger partial charge < -0.3 is 24.3 Å². The number of aromatic nitrogens is 4. The Balaban J connectivity index is 1.34. The summed E-state index contributed by atoms with van der Waals surface area (Å²) in [6, 6.07) is 13.9. The number of methoxy groups -OCH3 is 2. The summed E-state index contributed by atoms with van der Waals surface area (Å²) in [4.78, 5) is 15.7. The first kappa shape index (κ1) is 22.7. The Bertz CT molecular complexity index is 1250. The lowest BCUT2D eigenvalue weighted by molar-refractivity contribution is -0.118. The second-order valence-electron chi connectivity index (χ2n) is 7.38. The van der Waals surface area contributed by atoms with Crippen LogP contribution in [0.5, 0.6) is 11.5 Å². The molecule has 2 N–H and O–H groups in total. The molecular weight excluding hydrogens is 438 g/mol. The summed E-state index contributed by atoms with van der Waals surface area (Å²) >= 11 is 1.39. The van der Waals surface area contributed by atoms with Crippen molar-refractivity contribution in [1.82, 2.24) is 25.1 Å². The van der Waals surface area contributed by atoms with Crippen LogP contribution >= 0.6 is 11.8 Å². The van der Waals surface area contributed by atoms with E-state index in [1.165, 1.54) is 11.8 Å². The smallest absolute Gasteiger partial charge is 0.230 e. The van der Waals surface area contributed by atoms with Crippen molar-refractivity contribution in [2.24, 2.45) is 0 Å². The molecule has 9 heteroatoms. The summed E-state index contributed by atoms with van der Waals surface area (Å²) in [7, 11) is 3.22. The van der Waals surface area contributed by atoms with E-state index in [9.17, 15) is 4.79 Å². The molecule has 0 unspecified atom stereocenters. The number of nitrogens with one attached hydrogen (secondary N) is 2. The first-order chi connectivity index (χ1) is 16.1. The molecule has 0 fully saturated rings. The summed E-state index contributed by atoms with van der Waals surface area (Å²) in [6.45, 7) is 3.30. The van der Waals surface area contributed by atoms with E-state index in [0.717, 1.165) is 33.0 Å². The van der Waals surface area contributed by atoms with E-state index in [4.69, 9.17) is 9.47 Å². The highest BCUT2D eigenvalue weighted by atomic mass is 32.2. The molecule has 0 atom stereocenters. The number of H-pyrrole nitrogens is 1. The summed E-state index contributed by atoms with van der Waals surface area (Å²) in [6.07, 6.45) is 2.66. The van der Waals surface area contributed by atoms with Crippen LogP contribution in [0.3, 0.4) is 0 Å². The van der Waals surface area contributed by atoms with E-state index in [0.29, 0.717) is 31.0 Å². The van der Waals surface area contributed by atoms with Crippen molar-refractivity contribution in [3.63, 3.8) is 0 Å². The Morgan fingerprint density at radius 1 is 1.12 bits per heavy atom. The maximum Gasteiger partial charge on any atom is 0.230 e. The molecule has 4 rings (SSSR count). The number of ether oxygens (including phenoxy) is 2.